The van der Waals surface area contributed by atoms with Gasteiger partial charge in [-0.15, -0.1) is 0 Å². The van der Waals surface area contributed by atoms with Gasteiger partial charge in [0.05, 0.1) is 14.2 Å². The molecular weight excluding hydrogens is 384 g/mol. The Morgan fingerprint density at radius 1 is 1.17 bits per heavy atom. The van der Waals surface area contributed by atoms with Gasteiger partial charge in [0.25, 0.3) is 0 Å². The lowest BCUT2D eigenvalue weighted by molar-refractivity contribution is 0.105. The van der Waals surface area contributed by atoms with E-state index in [-0.39, 0.29) is 12.6 Å². The second-order valence-electron chi connectivity index (χ2n) is 7.39. The molecule has 0 saturated heterocycles. The number of benzene rings is 2. The molecule has 30 heavy (non-hydrogen) atoms. The van der Waals surface area contributed by atoms with Gasteiger partial charge in [0.15, 0.2) is 17.3 Å². The van der Waals surface area contributed by atoms with Crippen LogP contribution in [0, 0.1) is 0 Å². The zero-order valence-corrected chi connectivity index (χ0v) is 17.1. The summed E-state index contributed by atoms with van der Waals surface area (Å²) in [5.74, 6) is 2.33. The van der Waals surface area contributed by atoms with Crippen LogP contribution in [-0.4, -0.2) is 50.3 Å². The maximum Gasteiger partial charge on any atom is 0.231 e. The molecule has 7 nitrogen and oxygen atoms in total. The second-order valence-corrected chi connectivity index (χ2v) is 7.39. The van der Waals surface area contributed by atoms with Gasteiger partial charge in [-0.1, -0.05) is 0 Å². The summed E-state index contributed by atoms with van der Waals surface area (Å²) >= 11 is 0. The monoisotopic (exact) mass is 406 g/mol. The molecule has 1 N–H and O–H groups in total. The van der Waals surface area contributed by atoms with Gasteiger partial charge in [0.1, 0.15) is 5.75 Å². The number of carbonyl (C=O) groups is 1. The third-order valence-corrected chi connectivity index (χ3v) is 5.64. The van der Waals surface area contributed by atoms with Gasteiger partial charge in [0.2, 0.25) is 12.5 Å². The standard InChI is InChI=1S/C23H22N2O5/c1-25-7-6-13-8-19-22(30-12-29-19)23(28-3)20(13)17(11-25)21(26)16-10-24-18-5-4-14(27-2)9-15(16)18/h4-5,8-11,24H,6-7,12H2,1-3H3. The third-order valence-electron chi connectivity index (χ3n) is 5.64. The summed E-state index contributed by atoms with van der Waals surface area (Å²) in [6.07, 6.45) is 4.39. The van der Waals surface area contributed by atoms with E-state index >= 15 is 0 Å². The number of hydrogen-bond donors (Lipinski definition) is 1. The van der Waals surface area contributed by atoms with Crippen LogP contribution in [0.5, 0.6) is 23.0 Å². The Labute approximate surface area is 173 Å². The molecule has 1 aromatic heterocycles. The zero-order valence-electron chi connectivity index (χ0n) is 17.1. The van der Waals surface area contributed by atoms with E-state index in [1.54, 1.807) is 20.4 Å². The van der Waals surface area contributed by atoms with Crippen LogP contribution in [0.4, 0.5) is 0 Å². The first-order valence-electron chi connectivity index (χ1n) is 9.72. The normalized spacial score (nSPS) is 14.9. The number of likely N-dealkylation sites (N-methyl/N-ethyl adjacent to an activating group) is 1. The number of carbonyl (C=O) groups excluding carboxylic acids is 1. The number of ether oxygens (including phenoxy) is 4. The molecule has 2 aliphatic rings. The summed E-state index contributed by atoms with van der Waals surface area (Å²) in [7, 11) is 5.16. The average molecular weight is 406 g/mol. The van der Waals surface area contributed by atoms with Crippen LogP contribution >= 0.6 is 0 Å². The maximum atomic E-state index is 13.8. The van der Waals surface area contributed by atoms with Gasteiger partial charge in [0, 0.05) is 53.6 Å². The molecule has 5 rings (SSSR count). The van der Waals surface area contributed by atoms with Gasteiger partial charge in [-0.3, -0.25) is 4.79 Å². The molecule has 0 amide bonds. The number of H-pyrrole nitrogens is 1. The molecule has 154 valence electrons. The molecule has 2 aromatic carbocycles. The van der Waals surface area contributed by atoms with Crippen LogP contribution in [0.25, 0.3) is 16.5 Å². The van der Waals surface area contributed by atoms with E-state index < -0.39 is 0 Å². The van der Waals surface area contributed by atoms with Crippen LogP contribution in [-0.2, 0) is 6.42 Å². The minimum atomic E-state index is -0.0957. The Hall–Kier alpha value is -3.61. The first kappa shape index (κ1) is 18.4. The lowest BCUT2D eigenvalue weighted by Gasteiger charge is -2.16. The lowest BCUT2D eigenvalue weighted by Crippen LogP contribution is -2.13. The number of methoxy groups -OCH3 is 2. The molecule has 0 unspecified atom stereocenters. The van der Waals surface area contributed by atoms with E-state index in [4.69, 9.17) is 18.9 Å². The van der Waals surface area contributed by atoms with Gasteiger partial charge in [-0.25, -0.2) is 0 Å². The highest BCUT2D eigenvalue weighted by atomic mass is 16.7. The van der Waals surface area contributed by atoms with E-state index in [1.807, 2.05) is 42.4 Å². The quantitative estimate of drug-likeness (QED) is 0.667. The predicted octanol–water partition coefficient (Wildman–Crippen LogP) is 3.63. The van der Waals surface area contributed by atoms with Crippen molar-refractivity contribution in [3.63, 3.8) is 0 Å². The Kier molecular flexibility index (Phi) is 4.31. The summed E-state index contributed by atoms with van der Waals surface area (Å²) in [4.78, 5) is 19.0. The van der Waals surface area contributed by atoms with Crippen molar-refractivity contribution in [3.05, 3.63) is 53.4 Å². The van der Waals surface area contributed by atoms with Crippen LogP contribution in [0.1, 0.15) is 21.5 Å². The van der Waals surface area contributed by atoms with Gasteiger partial charge >= 0.3 is 0 Å². The largest absolute Gasteiger partial charge is 0.497 e. The summed E-state index contributed by atoms with van der Waals surface area (Å²) in [6.45, 7) is 0.915. The first-order chi connectivity index (χ1) is 14.6. The van der Waals surface area contributed by atoms with Crippen molar-refractivity contribution in [1.29, 1.82) is 0 Å². The fourth-order valence-electron chi connectivity index (χ4n) is 4.13. The summed E-state index contributed by atoms with van der Waals surface area (Å²) in [5.41, 5.74) is 3.77. The number of aromatic nitrogens is 1. The molecule has 3 aromatic rings. The highest BCUT2D eigenvalue weighted by Crippen LogP contribution is 2.48. The SMILES string of the molecule is COc1ccc2[nH]cc(C(=O)C3=CN(C)CCc4cc5c(c(OC)c43)OCO5)c2c1. The number of Topliss-reactive ketones (excluding diaryl/α,β-unsaturated/α-hetero) is 1. The fourth-order valence-corrected chi connectivity index (χ4v) is 4.13. The molecule has 0 aliphatic carbocycles. The Balaban J connectivity index is 1.71. The van der Waals surface area contributed by atoms with E-state index in [0.29, 0.717) is 34.1 Å². The minimum Gasteiger partial charge on any atom is -0.497 e. The molecule has 2 aliphatic heterocycles. The van der Waals surface area contributed by atoms with Gasteiger partial charge in [-0.2, -0.15) is 0 Å². The fraction of sp³-hybridized carbons (Fsp3) is 0.261. The van der Waals surface area contributed by atoms with E-state index in [0.717, 1.165) is 35.0 Å². The van der Waals surface area contributed by atoms with Crippen LogP contribution in [0.15, 0.2) is 36.7 Å². The number of hydrogen-bond acceptors (Lipinski definition) is 6. The highest BCUT2D eigenvalue weighted by molar-refractivity contribution is 6.33. The number of allylic oxidation sites excluding steroid dienone is 1. The Morgan fingerprint density at radius 3 is 2.83 bits per heavy atom. The van der Waals surface area contributed by atoms with Crippen molar-refractivity contribution in [2.24, 2.45) is 0 Å². The van der Waals surface area contributed by atoms with E-state index in [2.05, 4.69) is 4.98 Å². The van der Waals surface area contributed by atoms with Crippen LogP contribution in [0.2, 0.25) is 0 Å². The summed E-state index contributed by atoms with van der Waals surface area (Å²) in [6, 6.07) is 7.60. The molecule has 7 heteroatoms. The highest BCUT2D eigenvalue weighted by Gasteiger charge is 2.32. The van der Waals surface area contributed by atoms with Crippen molar-refractivity contribution in [2.75, 3.05) is 34.6 Å². The molecule has 0 fully saturated rings. The number of fused-ring (bicyclic) bond motifs is 3. The number of nitrogens with zero attached hydrogens (tertiary/aromatic N) is 1. The molecule has 3 heterocycles. The van der Waals surface area contributed by atoms with Crippen molar-refractivity contribution >= 4 is 22.3 Å². The lowest BCUT2D eigenvalue weighted by atomic mass is 9.91. The first-order valence-corrected chi connectivity index (χ1v) is 9.72. The average Bonchev–Trinajstić information content (AvgIpc) is 3.36. The molecule has 0 radical (unpaired) electrons. The third kappa shape index (κ3) is 2.77. The number of nitrogens with one attached hydrogen (secondary N) is 1. The second kappa shape index (κ2) is 7.02. The smallest absolute Gasteiger partial charge is 0.231 e. The number of aromatic amines is 1. The minimum absolute atomic E-state index is 0.0957. The van der Waals surface area contributed by atoms with E-state index in [1.165, 1.54) is 0 Å². The molecule has 0 atom stereocenters. The topological polar surface area (TPSA) is 73.0 Å². The summed E-state index contributed by atoms with van der Waals surface area (Å²) < 4.78 is 22.3. The van der Waals surface area contributed by atoms with Crippen molar-refractivity contribution < 1.29 is 23.7 Å². The molecule has 0 spiro atoms. The van der Waals surface area contributed by atoms with Crippen LogP contribution in [0.3, 0.4) is 0 Å². The van der Waals surface area contributed by atoms with Crippen molar-refractivity contribution in [2.45, 2.75) is 6.42 Å². The molecular formula is C23H22N2O5. The predicted molar refractivity (Wildman–Crippen MR) is 113 cm³/mol. The number of rotatable bonds is 4. The van der Waals surface area contributed by atoms with Crippen LogP contribution < -0.4 is 18.9 Å². The molecule has 0 saturated carbocycles. The van der Waals surface area contributed by atoms with E-state index in [9.17, 15) is 4.79 Å². The van der Waals surface area contributed by atoms with Gasteiger partial charge in [-0.05, 0) is 36.2 Å². The number of ketones is 1. The summed E-state index contributed by atoms with van der Waals surface area (Å²) in [5, 5.41) is 0.813. The zero-order chi connectivity index (χ0) is 20.8. The Morgan fingerprint density at radius 2 is 2.03 bits per heavy atom. The Bertz CT molecular complexity index is 1190. The van der Waals surface area contributed by atoms with Crippen molar-refractivity contribution in [3.8, 4) is 23.0 Å². The molecule has 0 bridgehead atoms. The maximum absolute atomic E-state index is 13.8. The van der Waals surface area contributed by atoms with Crippen molar-refractivity contribution in [1.82, 2.24) is 9.88 Å². The van der Waals surface area contributed by atoms with Gasteiger partial charge < -0.3 is 28.8 Å².